The number of hydrogen-bond donors (Lipinski definition) is 1. The van der Waals surface area contributed by atoms with Crippen LogP contribution in [0.15, 0.2) is 24.3 Å². The molecule has 1 aliphatic heterocycles. The van der Waals surface area contributed by atoms with Crippen LogP contribution in [0.2, 0.25) is 0 Å². The molecule has 1 heterocycles. The highest BCUT2D eigenvalue weighted by molar-refractivity contribution is 5.56. The Morgan fingerprint density at radius 2 is 2.18 bits per heavy atom. The molecule has 94 valence electrons. The minimum atomic E-state index is 0.514. The third kappa shape index (κ3) is 2.47. The monoisotopic (exact) mass is 232 g/mol. The minimum absolute atomic E-state index is 0.514. The van der Waals surface area contributed by atoms with Crippen LogP contribution in [0.25, 0.3) is 0 Å². The van der Waals surface area contributed by atoms with E-state index in [2.05, 4.69) is 55.4 Å². The summed E-state index contributed by atoms with van der Waals surface area (Å²) < 4.78 is 0. The van der Waals surface area contributed by atoms with Crippen LogP contribution in [-0.2, 0) is 0 Å². The average Bonchev–Trinajstić information content (AvgIpc) is 2.57. The van der Waals surface area contributed by atoms with Crippen molar-refractivity contribution >= 4 is 5.69 Å². The van der Waals surface area contributed by atoms with Gasteiger partial charge in [-0.25, -0.2) is 0 Å². The molecule has 2 rings (SSSR count). The molecule has 0 radical (unpaired) electrons. The number of para-hydroxylation sites is 1. The van der Waals surface area contributed by atoms with Crippen molar-refractivity contribution in [3.8, 4) is 0 Å². The lowest BCUT2D eigenvalue weighted by Crippen LogP contribution is -2.33. The van der Waals surface area contributed by atoms with Gasteiger partial charge in [-0.05, 0) is 44.9 Å². The van der Waals surface area contributed by atoms with Crippen molar-refractivity contribution in [2.24, 2.45) is 0 Å². The van der Waals surface area contributed by atoms with Crippen LogP contribution in [-0.4, -0.2) is 19.6 Å². The summed E-state index contributed by atoms with van der Waals surface area (Å²) in [7, 11) is 2.07. The van der Waals surface area contributed by atoms with Gasteiger partial charge in [0.05, 0.1) is 0 Å². The Bertz CT molecular complexity index is 362. The second-order valence-corrected chi connectivity index (χ2v) is 4.99. The maximum atomic E-state index is 3.45. The van der Waals surface area contributed by atoms with E-state index >= 15 is 0 Å². The van der Waals surface area contributed by atoms with Gasteiger partial charge < -0.3 is 10.2 Å². The summed E-state index contributed by atoms with van der Waals surface area (Å²) in [6.07, 6.45) is 3.71. The average molecular weight is 232 g/mol. The van der Waals surface area contributed by atoms with E-state index in [1.165, 1.54) is 37.1 Å². The molecule has 0 bridgehead atoms. The molecule has 0 fully saturated rings. The van der Waals surface area contributed by atoms with Crippen LogP contribution in [0, 0.1) is 0 Å². The number of anilines is 1. The molecular weight excluding hydrogens is 208 g/mol. The molecule has 2 unspecified atom stereocenters. The number of nitrogens with zero attached hydrogens (tertiary/aromatic N) is 1. The normalized spacial score (nSPS) is 21.8. The van der Waals surface area contributed by atoms with Crippen LogP contribution < -0.4 is 10.2 Å². The third-order valence-electron chi connectivity index (χ3n) is 3.98. The lowest BCUT2D eigenvalue weighted by atomic mass is 10.0. The molecule has 0 saturated heterocycles. The maximum Gasteiger partial charge on any atom is 0.0417 e. The van der Waals surface area contributed by atoms with Gasteiger partial charge in [-0.15, -0.1) is 0 Å². The van der Waals surface area contributed by atoms with E-state index in [1.807, 2.05) is 0 Å². The topological polar surface area (TPSA) is 15.3 Å². The SMILES string of the molecule is CCC(C)N1CCCC(NC)c2ccccc21. The third-order valence-corrected chi connectivity index (χ3v) is 3.98. The molecule has 0 aromatic heterocycles. The molecular formula is C15H24N2. The lowest BCUT2D eigenvalue weighted by molar-refractivity contribution is 0.533. The van der Waals surface area contributed by atoms with E-state index in [1.54, 1.807) is 0 Å². The fraction of sp³-hybridized carbons (Fsp3) is 0.600. The van der Waals surface area contributed by atoms with Gasteiger partial charge >= 0.3 is 0 Å². The molecule has 0 aliphatic carbocycles. The first-order valence-corrected chi connectivity index (χ1v) is 6.80. The highest BCUT2D eigenvalue weighted by Crippen LogP contribution is 2.33. The summed E-state index contributed by atoms with van der Waals surface area (Å²) in [4.78, 5) is 2.58. The predicted molar refractivity (Wildman–Crippen MR) is 74.6 cm³/mol. The van der Waals surface area contributed by atoms with Crippen molar-refractivity contribution in [1.82, 2.24) is 5.32 Å². The number of benzene rings is 1. The van der Waals surface area contributed by atoms with Gasteiger partial charge in [-0.1, -0.05) is 25.1 Å². The van der Waals surface area contributed by atoms with Crippen molar-refractivity contribution in [2.45, 2.75) is 45.2 Å². The number of nitrogens with one attached hydrogen (secondary N) is 1. The molecule has 1 N–H and O–H groups in total. The van der Waals surface area contributed by atoms with Crippen molar-refractivity contribution in [2.75, 3.05) is 18.5 Å². The fourth-order valence-electron chi connectivity index (χ4n) is 2.76. The fourth-order valence-corrected chi connectivity index (χ4v) is 2.76. The van der Waals surface area contributed by atoms with E-state index in [4.69, 9.17) is 0 Å². The molecule has 2 heteroatoms. The van der Waals surface area contributed by atoms with Crippen LogP contribution in [0.5, 0.6) is 0 Å². The number of rotatable bonds is 3. The number of fused-ring (bicyclic) bond motifs is 1. The van der Waals surface area contributed by atoms with Gasteiger partial charge in [-0.3, -0.25) is 0 Å². The molecule has 2 atom stereocenters. The molecule has 2 nitrogen and oxygen atoms in total. The Morgan fingerprint density at radius 3 is 2.88 bits per heavy atom. The summed E-state index contributed by atoms with van der Waals surface area (Å²) >= 11 is 0. The highest BCUT2D eigenvalue weighted by Gasteiger charge is 2.23. The van der Waals surface area contributed by atoms with Crippen LogP contribution in [0.4, 0.5) is 5.69 Å². The van der Waals surface area contributed by atoms with Crippen LogP contribution in [0.1, 0.15) is 44.7 Å². The Morgan fingerprint density at radius 1 is 1.41 bits per heavy atom. The summed E-state index contributed by atoms with van der Waals surface area (Å²) in [6.45, 7) is 5.79. The van der Waals surface area contributed by atoms with E-state index in [-0.39, 0.29) is 0 Å². The second-order valence-electron chi connectivity index (χ2n) is 4.99. The number of hydrogen-bond acceptors (Lipinski definition) is 2. The first-order valence-electron chi connectivity index (χ1n) is 6.80. The minimum Gasteiger partial charge on any atom is -0.369 e. The summed E-state index contributed by atoms with van der Waals surface area (Å²) in [5.41, 5.74) is 2.89. The Kier molecular flexibility index (Phi) is 4.06. The Hall–Kier alpha value is -1.02. The van der Waals surface area contributed by atoms with Gasteiger partial charge in [0.15, 0.2) is 0 Å². The summed E-state index contributed by atoms with van der Waals surface area (Å²) in [5.74, 6) is 0. The Labute approximate surface area is 105 Å². The molecule has 1 aliphatic rings. The van der Waals surface area contributed by atoms with E-state index < -0.39 is 0 Å². The predicted octanol–water partition coefficient (Wildman–Crippen LogP) is 3.35. The van der Waals surface area contributed by atoms with Gasteiger partial charge in [0, 0.05) is 24.3 Å². The molecule has 0 saturated carbocycles. The summed E-state index contributed by atoms with van der Waals surface area (Å²) in [5, 5.41) is 3.45. The smallest absolute Gasteiger partial charge is 0.0417 e. The van der Waals surface area contributed by atoms with Crippen molar-refractivity contribution in [3.05, 3.63) is 29.8 Å². The van der Waals surface area contributed by atoms with Gasteiger partial charge in [0.1, 0.15) is 0 Å². The molecule has 17 heavy (non-hydrogen) atoms. The second kappa shape index (κ2) is 5.54. The highest BCUT2D eigenvalue weighted by atomic mass is 15.2. The lowest BCUT2D eigenvalue weighted by Gasteiger charge is -2.31. The zero-order chi connectivity index (χ0) is 12.3. The molecule has 0 spiro atoms. The van der Waals surface area contributed by atoms with Gasteiger partial charge in [-0.2, -0.15) is 0 Å². The van der Waals surface area contributed by atoms with E-state index in [0.29, 0.717) is 12.1 Å². The van der Waals surface area contributed by atoms with Gasteiger partial charge in [0.2, 0.25) is 0 Å². The molecule has 1 aromatic rings. The van der Waals surface area contributed by atoms with Crippen molar-refractivity contribution in [1.29, 1.82) is 0 Å². The quantitative estimate of drug-likeness (QED) is 0.860. The zero-order valence-electron chi connectivity index (χ0n) is 11.2. The van der Waals surface area contributed by atoms with Crippen LogP contribution >= 0.6 is 0 Å². The molecule has 1 aromatic carbocycles. The van der Waals surface area contributed by atoms with Crippen molar-refractivity contribution in [3.63, 3.8) is 0 Å². The maximum absolute atomic E-state index is 3.45. The van der Waals surface area contributed by atoms with E-state index in [9.17, 15) is 0 Å². The largest absolute Gasteiger partial charge is 0.369 e. The zero-order valence-corrected chi connectivity index (χ0v) is 11.2. The van der Waals surface area contributed by atoms with Gasteiger partial charge in [0.25, 0.3) is 0 Å². The standard InChI is InChI=1S/C15H24N2/c1-4-12(2)17-11-7-9-14(16-3)13-8-5-6-10-15(13)17/h5-6,8,10,12,14,16H,4,7,9,11H2,1-3H3. The molecule has 0 amide bonds. The van der Waals surface area contributed by atoms with E-state index in [0.717, 1.165) is 0 Å². The van der Waals surface area contributed by atoms with Crippen LogP contribution in [0.3, 0.4) is 0 Å². The summed E-state index contributed by atoms with van der Waals surface area (Å²) in [6, 6.07) is 10.0. The van der Waals surface area contributed by atoms with Crippen molar-refractivity contribution < 1.29 is 0 Å². The first kappa shape index (κ1) is 12.4. The Balaban J connectivity index is 2.38. The first-order chi connectivity index (χ1) is 8.27.